The van der Waals surface area contributed by atoms with E-state index in [1.165, 1.54) is 0 Å². The smallest absolute Gasteiger partial charge is 0.121 e. The van der Waals surface area contributed by atoms with Crippen LogP contribution in [0, 0.1) is 0 Å². The summed E-state index contributed by atoms with van der Waals surface area (Å²) in [5.41, 5.74) is 0.981. The predicted molar refractivity (Wildman–Crippen MR) is 79.6 cm³/mol. The largest absolute Gasteiger partial charge is 0.492 e. The molecule has 0 radical (unpaired) electrons. The van der Waals surface area contributed by atoms with Gasteiger partial charge >= 0.3 is 0 Å². The summed E-state index contributed by atoms with van der Waals surface area (Å²) in [4.78, 5) is 4.34. The molecule has 3 heteroatoms. The van der Waals surface area contributed by atoms with E-state index in [1.54, 1.807) is 0 Å². The van der Waals surface area contributed by atoms with Gasteiger partial charge in [-0.2, -0.15) is 0 Å². The summed E-state index contributed by atoms with van der Waals surface area (Å²) in [5, 5.41) is 4.63. The van der Waals surface area contributed by atoms with Crippen LogP contribution in [0.25, 0.3) is 10.9 Å². The first-order chi connectivity index (χ1) is 9.33. The van der Waals surface area contributed by atoms with Crippen molar-refractivity contribution in [3.05, 3.63) is 36.5 Å². The lowest BCUT2D eigenvalue weighted by Gasteiger charge is -2.17. The van der Waals surface area contributed by atoms with Gasteiger partial charge in [0.1, 0.15) is 12.4 Å². The zero-order valence-corrected chi connectivity index (χ0v) is 11.7. The minimum absolute atomic E-state index is 0.416. The van der Waals surface area contributed by atoms with E-state index in [4.69, 9.17) is 4.74 Å². The second kappa shape index (κ2) is 7.10. The van der Waals surface area contributed by atoms with Crippen molar-refractivity contribution in [2.24, 2.45) is 0 Å². The molecule has 0 aliphatic heterocycles. The Labute approximate surface area is 115 Å². The molecule has 0 saturated heterocycles. The molecule has 2 rings (SSSR count). The predicted octanol–water partition coefficient (Wildman–Crippen LogP) is 3.39. The molecule has 2 aromatic rings. The molecule has 1 atom stereocenters. The van der Waals surface area contributed by atoms with Gasteiger partial charge in [0.25, 0.3) is 0 Å². The first kappa shape index (κ1) is 13.8. The Balaban J connectivity index is 1.96. The second-order valence-corrected chi connectivity index (χ2v) is 4.73. The number of hydrogen-bond acceptors (Lipinski definition) is 3. The van der Waals surface area contributed by atoms with Gasteiger partial charge in [-0.3, -0.25) is 4.98 Å². The van der Waals surface area contributed by atoms with Crippen LogP contribution in [0.15, 0.2) is 36.5 Å². The molecule has 1 N–H and O–H groups in total. The van der Waals surface area contributed by atoms with Gasteiger partial charge in [0.2, 0.25) is 0 Å². The number of nitrogens with one attached hydrogen (secondary N) is 1. The fourth-order valence-corrected chi connectivity index (χ4v) is 2.00. The Bertz CT molecular complexity index is 513. The summed E-state index contributed by atoms with van der Waals surface area (Å²) in [6.45, 7) is 6.10. The Morgan fingerprint density at radius 1 is 1.26 bits per heavy atom. The normalized spacial score (nSPS) is 12.5. The molecule has 1 unspecified atom stereocenters. The van der Waals surface area contributed by atoms with Crippen molar-refractivity contribution >= 4 is 10.9 Å². The summed E-state index contributed by atoms with van der Waals surface area (Å²) < 4.78 is 5.86. The lowest BCUT2D eigenvalue weighted by Crippen LogP contribution is -2.34. The highest BCUT2D eigenvalue weighted by Crippen LogP contribution is 2.18. The molecule has 0 aliphatic rings. The topological polar surface area (TPSA) is 34.1 Å². The SMILES string of the molecule is CCCNC(CC)COc1ccc2cccnc2c1. The van der Waals surface area contributed by atoms with Crippen LogP contribution in [-0.4, -0.2) is 24.2 Å². The highest BCUT2D eigenvalue weighted by molar-refractivity contribution is 5.79. The molecule has 1 heterocycles. The fraction of sp³-hybridized carbons (Fsp3) is 0.438. The molecular formula is C16H22N2O. The van der Waals surface area contributed by atoms with E-state index >= 15 is 0 Å². The van der Waals surface area contributed by atoms with E-state index in [1.807, 2.05) is 24.4 Å². The van der Waals surface area contributed by atoms with Crippen molar-refractivity contribution in [1.29, 1.82) is 0 Å². The number of nitrogens with zero attached hydrogens (tertiary/aromatic N) is 1. The third kappa shape index (κ3) is 3.93. The lowest BCUT2D eigenvalue weighted by atomic mass is 10.2. The van der Waals surface area contributed by atoms with Crippen LogP contribution in [0.5, 0.6) is 5.75 Å². The average Bonchev–Trinajstić information content (AvgIpc) is 2.47. The maximum absolute atomic E-state index is 5.86. The Hall–Kier alpha value is -1.61. The fourth-order valence-electron chi connectivity index (χ4n) is 2.00. The molecule has 0 amide bonds. The maximum Gasteiger partial charge on any atom is 0.121 e. The van der Waals surface area contributed by atoms with Crippen molar-refractivity contribution in [2.45, 2.75) is 32.7 Å². The summed E-state index contributed by atoms with van der Waals surface area (Å²) in [6, 6.07) is 10.5. The van der Waals surface area contributed by atoms with Gasteiger partial charge in [0, 0.05) is 23.7 Å². The van der Waals surface area contributed by atoms with Crippen LogP contribution >= 0.6 is 0 Å². The lowest BCUT2D eigenvalue weighted by molar-refractivity contribution is 0.261. The summed E-state index contributed by atoms with van der Waals surface area (Å²) in [7, 11) is 0. The number of hydrogen-bond donors (Lipinski definition) is 1. The molecule has 3 nitrogen and oxygen atoms in total. The number of benzene rings is 1. The molecular weight excluding hydrogens is 236 g/mol. The number of pyridine rings is 1. The van der Waals surface area contributed by atoms with Crippen LogP contribution in [0.4, 0.5) is 0 Å². The van der Waals surface area contributed by atoms with Gasteiger partial charge in [0.15, 0.2) is 0 Å². The molecule has 19 heavy (non-hydrogen) atoms. The van der Waals surface area contributed by atoms with E-state index in [-0.39, 0.29) is 0 Å². The summed E-state index contributed by atoms with van der Waals surface area (Å²) in [5.74, 6) is 0.892. The Morgan fingerprint density at radius 3 is 2.95 bits per heavy atom. The molecule has 1 aromatic heterocycles. The van der Waals surface area contributed by atoms with E-state index in [0.717, 1.165) is 36.0 Å². The standard InChI is InChI=1S/C16H22N2O/c1-3-9-17-14(4-2)12-19-15-8-7-13-6-5-10-18-16(13)11-15/h5-8,10-11,14,17H,3-4,9,12H2,1-2H3. The molecule has 0 spiro atoms. The van der Waals surface area contributed by atoms with Gasteiger partial charge in [-0.15, -0.1) is 0 Å². The third-order valence-electron chi connectivity index (χ3n) is 3.20. The summed E-state index contributed by atoms with van der Waals surface area (Å²) in [6.07, 6.45) is 4.03. The highest BCUT2D eigenvalue weighted by Gasteiger charge is 2.06. The number of aromatic nitrogens is 1. The van der Waals surface area contributed by atoms with Crippen molar-refractivity contribution in [2.75, 3.05) is 13.2 Å². The van der Waals surface area contributed by atoms with Gasteiger partial charge in [-0.05, 0) is 37.6 Å². The molecule has 1 aromatic carbocycles. The molecule has 0 bridgehead atoms. The van der Waals surface area contributed by atoms with Gasteiger partial charge in [-0.1, -0.05) is 19.9 Å². The average molecular weight is 258 g/mol. The van der Waals surface area contributed by atoms with E-state index in [2.05, 4.69) is 36.3 Å². The van der Waals surface area contributed by atoms with E-state index in [0.29, 0.717) is 12.6 Å². The van der Waals surface area contributed by atoms with Crippen molar-refractivity contribution in [3.63, 3.8) is 0 Å². The Morgan fingerprint density at radius 2 is 2.16 bits per heavy atom. The first-order valence-corrected chi connectivity index (χ1v) is 7.04. The highest BCUT2D eigenvalue weighted by atomic mass is 16.5. The first-order valence-electron chi connectivity index (χ1n) is 7.04. The van der Waals surface area contributed by atoms with Crippen LogP contribution in [0.1, 0.15) is 26.7 Å². The number of rotatable bonds is 7. The van der Waals surface area contributed by atoms with Gasteiger partial charge in [0.05, 0.1) is 5.52 Å². The summed E-state index contributed by atoms with van der Waals surface area (Å²) >= 11 is 0. The number of fused-ring (bicyclic) bond motifs is 1. The van der Waals surface area contributed by atoms with Crippen LogP contribution in [0.3, 0.4) is 0 Å². The van der Waals surface area contributed by atoms with E-state index in [9.17, 15) is 0 Å². The molecule has 102 valence electrons. The third-order valence-corrected chi connectivity index (χ3v) is 3.20. The van der Waals surface area contributed by atoms with Crippen molar-refractivity contribution in [1.82, 2.24) is 10.3 Å². The van der Waals surface area contributed by atoms with Crippen molar-refractivity contribution in [3.8, 4) is 5.75 Å². The minimum atomic E-state index is 0.416. The molecule has 0 saturated carbocycles. The van der Waals surface area contributed by atoms with Gasteiger partial charge in [-0.25, -0.2) is 0 Å². The zero-order valence-electron chi connectivity index (χ0n) is 11.7. The Kier molecular flexibility index (Phi) is 5.16. The maximum atomic E-state index is 5.86. The van der Waals surface area contributed by atoms with Crippen LogP contribution < -0.4 is 10.1 Å². The van der Waals surface area contributed by atoms with Gasteiger partial charge < -0.3 is 10.1 Å². The molecule has 0 fully saturated rings. The van der Waals surface area contributed by atoms with Crippen molar-refractivity contribution < 1.29 is 4.74 Å². The number of ether oxygens (including phenoxy) is 1. The van der Waals surface area contributed by atoms with Crippen LogP contribution in [-0.2, 0) is 0 Å². The van der Waals surface area contributed by atoms with E-state index < -0.39 is 0 Å². The monoisotopic (exact) mass is 258 g/mol. The quantitative estimate of drug-likeness (QED) is 0.826. The minimum Gasteiger partial charge on any atom is -0.492 e. The van der Waals surface area contributed by atoms with Crippen LogP contribution in [0.2, 0.25) is 0 Å². The zero-order chi connectivity index (χ0) is 13.5. The molecule has 0 aliphatic carbocycles. The second-order valence-electron chi connectivity index (χ2n) is 4.73.